The molecule has 1 aromatic rings. The number of benzene rings is 1. The Hall–Kier alpha value is -0.520. The van der Waals surface area contributed by atoms with Crippen molar-refractivity contribution in [2.75, 3.05) is 12.0 Å². The molecule has 18 heavy (non-hydrogen) atoms. The lowest BCUT2D eigenvalue weighted by Gasteiger charge is -2.18. The number of hydrogen-bond donors (Lipinski definition) is 2. The topological polar surface area (TPSA) is 55.1 Å². The van der Waals surface area contributed by atoms with Gasteiger partial charge in [-0.2, -0.15) is 11.8 Å². The van der Waals surface area contributed by atoms with E-state index < -0.39 is 6.04 Å². The van der Waals surface area contributed by atoms with Gasteiger partial charge in [0.25, 0.3) is 0 Å². The lowest BCUT2D eigenvalue weighted by atomic mass is 10.1. The van der Waals surface area contributed by atoms with Crippen LogP contribution in [0, 0.1) is 0 Å². The Balaban J connectivity index is 2.57. The summed E-state index contributed by atoms with van der Waals surface area (Å²) in [5.41, 5.74) is 6.89. The van der Waals surface area contributed by atoms with Crippen molar-refractivity contribution in [1.29, 1.82) is 0 Å². The largest absolute Gasteiger partial charge is 0.348 e. The number of thioether (sulfide) groups is 1. The Kier molecular flexibility index (Phi) is 6.75. The number of hydrogen-bond acceptors (Lipinski definition) is 3. The second-order valence-corrected chi connectivity index (χ2v) is 5.98. The highest BCUT2D eigenvalue weighted by molar-refractivity contribution is 9.10. The van der Waals surface area contributed by atoms with Crippen LogP contribution in [0.5, 0.6) is 0 Å². The van der Waals surface area contributed by atoms with E-state index in [-0.39, 0.29) is 11.9 Å². The van der Waals surface area contributed by atoms with E-state index in [1.807, 2.05) is 37.4 Å². The molecule has 1 aromatic carbocycles. The Morgan fingerprint density at radius 2 is 2.17 bits per heavy atom. The first-order valence-corrected chi connectivity index (χ1v) is 8.04. The first-order valence-electron chi connectivity index (χ1n) is 5.85. The monoisotopic (exact) mass is 330 g/mol. The third kappa shape index (κ3) is 4.63. The molecule has 0 unspecified atom stereocenters. The minimum Gasteiger partial charge on any atom is -0.348 e. The van der Waals surface area contributed by atoms with Crippen molar-refractivity contribution in [3.63, 3.8) is 0 Å². The molecular formula is C13H19BrN2OS. The summed E-state index contributed by atoms with van der Waals surface area (Å²) in [5, 5.41) is 2.94. The minimum absolute atomic E-state index is 0.0478. The quantitative estimate of drug-likeness (QED) is 0.843. The summed E-state index contributed by atoms with van der Waals surface area (Å²) in [7, 11) is 0. The molecule has 0 aliphatic heterocycles. The van der Waals surface area contributed by atoms with Crippen LogP contribution in [0.4, 0.5) is 0 Å². The normalized spacial score (nSPS) is 14.0. The molecule has 100 valence electrons. The molecule has 5 heteroatoms. The van der Waals surface area contributed by atoms with Crippen molar-refractivity contribution in [2.45, 2.75) is 25.4 Å². The Morgan fingerprint density at radius 3 is 2.78 bits per heavy atom. The van der Waals surface area contributed by atoms with Crippen molar-refractivity contribution in [3.8, 4) is 0 Å². The highest BCUT2D eigenvalue weighted by atomic mass is 79.9. The fourth-order valence-electron chi connectivity index (χ4n) is 1.60. The van der Waals surface area contributed by atoms with Gasteiger partial charge in [-0.3, -0.25) is 4.79 Å². The predicted molar refractivity (Wildman–Crippen MR) is 81.7 cm³/mol. The van der Waals surface area contributed by atoms with Crippen LogP contribution in [0.15, 0.2) is 28.7 Å². The summed E-state index contributed by atoms with van der Waals surface area (Å²) in [4.78, 5) is 11.9. The molecule has 0 fully saturated rings. The lowest BCUT2D eigenvalue weighted by molar-refractivity contribution is -0.123. The van der Waals surface area contributed by atoms with Gasteiger partial charge in [0.2, 0.25) is 5.91 Å². The molecule has 0 aliphatic rings. The SMILES string of the molecule is CSCC[C@H](N)C(=O)N[C@H](C)c1ccccc1Br. The zero-order valence-electron chi connectivity index (χ0n) is 10.7. The van der Waals surface area contributed by atoms with Crippen LogP contribution in [-0.2, 0) is 4.79 Å². The van der Waals surface area contributed by atoms with E-state index >= 15 is 0 Å². The zero-order chi connectivity index (χ0) is 13.5. The summed E-state index contributed by atoms with van der Waals surface area (Å²) >= 11 is 5.18. The summed E-state index contributed by atoms with van der Waals surface area (Å²) in [5.74, 6) is 0.810. The number of rotatable bonds is 6. The van der Waals surface area contributed by atoms with Crippen LogP contribution in [0.25, 0.3) is 0 Å². The van der Waals surface area contributed by atoms with Gasteiger partial charge < -0.3 is 11.1 Å². The highest BCUT2D eigenvalue weighted by Gasteiger charge is 2.17. The first-order chi connectivity index (χ1) is 8.56. The van der Waals surface area contributed by atoms with E-state index in [1.54, 1.807) is 11.8 Å². The van der Waals surface area contributed by atoms with Crippen molar-refractivity contribution < 1.29 is 4.79 Å². The van der Waals surface area contributed by atoms with Crippen LogP contribution >= 0.6 is 27.7 Å². The second-order valence-electron chi connectivity index (χ2n) is 4.14. The van der Waals surface area contributed by atoms with Crippen molar-refractivity contribution in [2.24, 2.45) is 5.73 Å². The number of amides is 1. The molecule has 1 amide bonds. The molecule has 0 aromatic heterocycles. The molecule has 0 aliphatic carbocycles. The zero-order valence-corrected chi connectivity index (χ0v) is 13.1. The van der Waals surface area contributed by atoms with E-state index in [1.165, 1.54) is 0 Å². The molecule has 1 rings (SSSR count). The molecule has 0 radical (unpaired) electrons. The standard InChI is InChI=1S/C13H19BrN2OS/c1-9(10-5-3-4-6-11(10)14)16-13(17)12(15)7-8-18-2/h3-6,9,12H,7-8,15H2,1-2H3,(H,16,17)/t9-,12+/m1/s1. The number of carbonyl (C=O) groups excluding carboxylic acids is 1. The lowest BCUT2D eigenvalue weighted by Crippen LogP contribution is -2.42. The first kappa shape index (κ1) is 15.5. The smallest absolute Gasteiger partial charge is 0.237 e. The van der Waals surface area contributed by atoms with Gasteiger partial charge in [-0.25, -0.2) is 0 Å². The van der Waals surface area contributed by atoms with Gasteiger partial charge >= 0.3 is 0 Å². The van der Waals surface area contributed by atoms with E-state index in [9.17, 15) is 4.79 Å². The third-order valence-corrected chi connectivity index (χ3v) is 4.07. The van der Waals surface area contributed by atoms with Gasteiger partial charge in [0.15, 0.2) is 0 Å². The Bertz CT molecular complexity index is 400. The van der Waals surface area contributed by atoms with Gasteiger partial charge in [-0.1, -0.05) is 34.1 Å². The van der Waals surface area contributed by atoms with E-state index in [0.29, 0.717) is 6.42 Å². The average Bonchev–Trinajstić information content (AvgIpc) is 2.36. The Morgan fingerprint density at radius 1 is 1.50 bits per heavy atom. The summed E-state index contributed by atoms with van der Waals surface area (Å²) in [6, 6.07) is 7.38. The molecule has 0 saturated carbocycles. The van der Waals surface area contributed by atoms with Crippen LogP contribution < -0.4 is 11.1 Å². The van der Waals surface area contributed by atoms with Crippen molar-refractivity contribution in [1.82, 2.24) is 5.32 Å². The molecule has 0 bridgehead atoms. The van der Waals surface area contributed by atoms with Crippen LogP contribution in [-0.4, -0.2) is 24.0 Å². The fourth-order valence-corrected chi connectivity index (χ4v) is 2.72. The number of carbonyl (C=O) groups is 1. The van der Waals surface area contributed by atoms with Crippen molar-refractivity contribution in [3.05, 3.63) is 34.3 Å². The summed E-state index contributed by atoms with van der Waals surface area (Å²) < 4.78 is 0.996. The molecule has 2 atom stereocenters. The fraction of sp³-hybridized carbons (Fsp3) is 0.462. The van der Waals surface area contributed by atoms with E-state index in [4.69, 9.17) is 5.73 Å². The maximum Gasteiger partial charge on any atom is 0.237 e. The van der Waals surface area contributed by atoms with E-state index in [0.717, 1.165) is 15.8 Å². The molecule has 3 nitrogen and oxygen atoms in total. The maximum atomic E-state index is 11.9. The molecule has 0 saturated heterocycles. The third-order valence-electron chi connectivity index (χ3n) is 2.70. The second kappa shape index (κ2) is 7.81. The van der Waals surface area contributed by atoms with Gasteiger partial charge in [0.1, 0.15) is 0 Å². The van der Waals surface area contributed by atoms with Crippen LogP contribution in [0.2, 0.25) is 0 Å². The molecule has 3 N–H and O–H groups in total. The van der Waals surface area contributed by atoms with Gasteiger partial charge in [0, 0.05) is 4.47 Å². The van der Waals surface area contributed by atoms with Crippen LogP contribution in [0.3, 0.4) is 0 Å². The average molecular weight is 331 g/mol. The summed E-state index contributed by atoms with van der Waals surface area (Å²) in [6.07, 6.45) is 2.71. The summed E-state index contributed by atoms with van der Waals surface area (Å²) in [6.45, 7) is 1.96. The van der Waals surface area contributed by atoms with Crippen LogP contribution in [0.1, 0.15) is 24.9 Å². The highest BCUT2D eigenvalue weighted by Crippen LogP contribution is 2.22. The number of nitrogens with two attached hydrogens (primary N) is 1. The van der Waals surface area contributed by atoms with Gasteiger partial charge in [-0.15, -0.1) is 0 Å². The predicted octanol–water partition coefficient (Wildman–Crippen LogP) is 2.71. The maximum absolute atomic E-state index is 11.9. The molecule has 0 heterocycles. The van der Waals surface area contributed by atoms with Gasteiger partial charge in [0.05, 0.1) is 12.1 Å². The van der Waals surface area contributed by atoms with E-state index in [2.05, 4.69) is 21.2 Å². The number of nitrogens with one attached hydrogen (secondary N) is 1. The minimum atomic E-state index is -0.428. The van der Waals surface area contributed by atoms with Gasteiger partial charge in [-0.05, 0) is 37.0 Å². The number of halogens is 1. The molecular weight excluding hydrogens is 312 g/mol. The van der Waals surface area contributed by atoms with Crippen molar-refractivity contribution >= 4 is 33.6 Å². The Labute approximate surface area is 121 Å². The molecule has 0 spiro atoms.